The van der Waals surface area contributed by atoms with Gasteiger partial charge in [0, 0.05) is 0 Å². The molecule has 0 saturated carbocycles. The second kappa shape index (κ2) is 6.14. The van der Waals surface area contributed by atoms with Gasteiger partial charge in [-0.2, -0.15) is 10.4 Å². The van der Waals surface area contributed by atoms with Crippen molar-refractivity contribution in [1.82, 2.24) is 4.72 Å². The van der Waals surface area contributed by atoms with E-state index in [4.69, 9.17) is 16.4 Å². The van der Waals surface area contributed by atoms with Crippen LogP contribution >= 0.6 is 0 Å². The Balaban J connectivity index is 3.16. The van der Waals surface area contributed by atoms with E-state index in [0.29, 0.717) is 11.3 Å². The molecule has 0 bridgehead atoms. The fourth-order valence-corrected chi connectivity index (χ4v) is 2.33. The molecule has 0 radical (unpaired) electrons. The smallest absolute Gasteiger partial charge is 0.240 e. The second-order valence-corrected chi connectivity index (χ2v) is 5.64. The molecule has 0 aliphatic heterocycles. The lowest BCUT2D eigenvalue weighted by molar-refractivity contribution is 0.587. The van der Waals surface area contributed by atoms with Crippen LogP contribution in [0.3, 0.4) is 0 Å². The molecule has 0 unspecified atom stereocenters. The van der Waals surface area contributed by atoms with Gasteiger partial charge in [-0.1, -0.05) is 6.07 Å². The molecule has 0 saturated heterocycles. The van der Waals surface area contributed by atoms with Crippen LogP contribution in [0.4, 0.5) is 5.69 Å². The van der Waals surface area contributed by atoms with Crippen molar-refractivity contribution in [3.63, 3.8) is 0 Å². The number of amidine groups is 1. The van der Waals surface area contributed by atoms with E-state index in [1.807, 2.05) is 0 Å². The quantitative estimate of drug-likeness (QED) is 0.346. The lowest BCUT2D eigenvalue weighted by Gasteiger charge is -2.08. The molecule has 1 aromatic carbocycles. The van der Waals surface area contributed by atoms with Gasteiger partial charge in [-0.25, -0.2) is 13.1 Å². The monoisotopic (exact) mass is 294 g/mol. The number of hydrogen-bond acceptors (Lipinski definition) is 6. The Morgan fingerprint density at radius 2 is 2.15 bits per heavy atom. The first-order chi connectivity index (χ1) is 9.31. The number of benzene rings is 1. The van der Waals surface area contributed by atoms with Gasteiger partial charge in [0.25, 0.3) is 0 Å². The summed E-state index contributed by atoms with van der Waals surface area (Å²) in [5.41, 5.74) is 8.28. The maximum atomic E-state index is 11.8. The molecule has 20 heavy (non-hydrogen) atoms. The number of sulfonamides is 1. The van der Waals surface area contributed by atoms with Crippen molar-refractivity contribution in [1.29, 1.82) is 10.7 Å². The maximum absolute atomic E-state index is 11.8. The van der Waals surface area contributed by atoms with E-state index < -0.39 is 15.9 Å². The van der Waals surface area contributed by atoms with Crippen molar-refractivity contribution in [2.24, 2.45) is 10.8 Å². The molecule has 0 spiro atoms. The highest BCUT2D eigenvalue weighted by atomic mass is 32.2. The molecule has 0 heterocycles. The Morgan fingerprint density at radius 1 is 1.50 bits per heavy atom. The number of nitrogens with two attached hydrogens (primary N) is 1. The van der Waals surface area contributed by atoms with Crippen LogP contribution in [0.15, 0.2) is 28.2 Å². The van der Waals surface area contributed by atoms with Crippen LogP contribution in [0.25, 0.3) is 0 Å². The van der Waals surface area contributed by atoms with Crippen molar-refractivity contribution in [2.75, 3.05) is 12.5 Å². The fourth-order valence-electron chi connectivity index (χ4n) is 1.34. The van der Waals surface area contributed by atoms with Gasteiger partial charge >= 0.3 is 0 Å². The predicted octanol–water partition coefficient (Wildman–Crippen LogP) is 0.131. The molecule has 1 aromatic rings. The lowest BCUT2D eigenvalue weighted by atomic mass is 10.2. The lowest BCUT2D eigenvalue weighted by Crippen LogP contribution is -2.22. The van der Waals surface area contributed by atoms with Crippen LogP contribution in [0.2, 0.25) is 0 Å². The first-order valence-electron chi connectivity index (χ1n) is 5.44. The minimum absolute atomic E-state index is 0.0986. The first kappa shape index (κ1) is 15.6. The summed E-state index contributed by atoms with van der Waals surface area (Å²) < 4.78 is 25.8. The maximum Gasteiger partial charge on any atom is 0.240 e. The van der Waals surface area contributed by atoms with Gasteiger partial charge < -0.3 is 5.73 Å². The van der Waals surface area contributed by atoms with E-state index in [1.165, 1.54) is 13.1 Å². The van der Waals surface area contributed by atoms with Gasteiger partial charge in [0.05, 0.1) is 10.6 Å². The Kier molecular flexibility index (Phi) is 4.79. The van der Waals surface area contributed by atoms with E-state index in [2.05, 4.69) is 15.2 Å². The molecule has 0 amide bonds. The SMILES string of the molecule is CNS(=O)(=O)c1cc(N/N=C(\C#N)C(=N)N)ccc1C. The normalized spacial score (nSPS) is 11.8. The summed E-state index contributed by atoms with van der Waals surface area (Å²) in [6.07, 6.45) is 0. The standard InChI is InChI=1S/C11H14N6O2S/c1-7-3-4-8(5-10(7)20(18,19)15-2)16-17-9(6-12)11(13)14/h3-5,15-16H,1-2H3,(H3,13,14)/b17-9+. The van der Waals surface area contributed by atoms with E-state index in [-0.39, 0.29) is 10.6 Å². The Labute approximate surface area is 116 Å². The number of aryl methyl sites for hydroxylation is 1. The average Bonchev–Trinajstić information content (AvgIpc) is 2.40. The summed E-state index contributed by atoms with van der Waals surface area (Å²) in [4.78, 5) is 0.0986. The van der Waals surface area contributed by atoms with Crippen molar-refractivity contribution in [2.45, 2.75) is 11.8 Å². The van der Waals surface area contributed by atoms with Crippen LogP contribution < -0.4 is 15.9 Å². The molecule has 0 fully saturated rings. The molecule has 5 N–H and O–H groups in total. The van der Waals surface area contributed by atoms with Gasteiger partial charge in [-0.05, 0) is 31.7 Å². The Bertz CT molecular complexity index is 702. The minimum atomic E-state index is -3.58. The topological polar surface area (TPSA) is 144 Å². The van der Waals surface area contributed by atoms with Crippen LogP contribution in [-0.2, 0) is 10.0 Å². The molecule has 0 aliphatic carbocycles. The molecule has 8 nitrogen and oxygen atoms in total. The van der Waals surface area contributed by atoms with Crippen LogP contribution in [0.5, 0.6) is 0 Å². The van der Waals surface area contributed by atoms with Crippen LogP contribution in [0, 0.1) is 23.7 Å². The largest absolute Gasteiger partial charge is 0.382 e. The van der Waals surface area contributed by atoms with E-state index in [1.54, 1.807) is 25.1 Å². The van der Waals surface area contributed by atoms with Gasteiger partial charge in [-0.3, -0.25) is 10.8 Å². The Morgan fingerprint density at radius 3 is 2.65 bits per heavy atom. The van der Waals surface area contributed by atoms with Crippen molar-refractivity contribution < 1.29 is 8.42 Å². The summed E-state index contributed by atoms with van der Waals surface area (Å²) in [5, 5.41) is 19.4. The van der Waals surface area contributed by atoms with Gasteiger partial charge in [0.15, 0.2) is 5.84 Å². The molecular weight excluding hydrogens is 280 g/mol. The van der Waals surface area contributed by atoms with Gasteiger partial charge in [0.2, 0.25) is 15.7 Å². The zero-order valence-corrected chi connectivity index (χ0v) is 11.7. The fraction of sp³-hybridized carbons (Fsp3) is 0.182. The highest BCUT2D eigenvalue weighted by Gasteiger charge is 2.15. The van der Waals surface area contributed by atoms with Crippen molar-refractivity contribution in [3.05, 3.63) is 23.8 Å². The molecule has 1 rings (SSSR count). The number of nitrogens with one attached hydrogen (secondary N) is 3. The number of nitriles is 1. The second-order valence-electron chi connectivity index (χ2n) is 3.79. The predicted molar refractivity (Wildman–Crippen MR) is 76.0 cm³/mol. The zero-order chi connectivity index (χ0) is 15.3. The highest BCUT2D eigenvalue weighted by molar-refractivity contribution is 7.89. The first-order valence-corrected chi connectivity index (χ1v) is 6.92. The van der Waals surface area contributed by atoms with E-state index in [0.717, 1.165) is 0 Å². The molecule has 0 aliphatic rings. The highest BCUT2D eigenvalue weighted by Crippen LogP contribution is 2.19. The van der Waals surface area contributed by atoms with E-state index in [9.17, 15) is 8.42 Å². The Hall–Kier alpha value is -2.44. The number of anilines is 1. The number of nitrogens with zero attached hydrogens (tertiary/aromatic N) is 2. The van der Waals surface area contributed by atoms with Gasteiger partial charge in [-0.15, -0.1) is 0 Å². The van der Waals surface area contributed by atoms with Crippen LogP contribution in [0.1, 0.15) is 5.56 Å². The zero-order valence-electron chi connectivity index (χ0n) is 10.9. The molecular formula is C11H14N6O2S. The third kappa shape index (κ3) is 3.53. The number of hydrogen-bond donors (Lipinski definition) is 4. The molecule has 106 valence electrons. The summed E-state index contributed by atoms with van der Waals surface area (Å²) in [6, 6.07) is 6.22. The average molecular weight is 294 g/mol. The summed E-state index contributed by atoms with van der Waals surface area (Å²) in [7, 11) is -2.27. The number of hydrazone groups is 1. The van der Waals surface area contributed by atoms with E-state index >= 15 is 0 Å². The summed E-state index contributed by atoms with van der Waals surface area (Å²) >= 11 is 0. The molecule has 0 atom stereocenters. The van der Waals surface area contributed by atoms with Gasteiger partial charge in [0.1, 0.15) is 6.07 Å². The summed E-state index contributed by atoms with van der Waals surface area (Å²) in [6.45, 7) is 1.66. The van der Waals surface area contributed by atoms with Crippen LogP contribution in [-0.4, -0.2) is 27.0 Å². The van der Waals surface area contributed by atoms with Crippen molar-refractivity contribution in [3.8, 4) is 6.07 Å². The molecule has 9 heteroatoms. The third-order valence-corrected chi connectivity index (χ3v) is 3.96. The number of rotatable bonds is 5. The van der Waals surface area contributed by atoms with Crippen molar-refractivity contribution >= 4 is 27.3 Å². The summed E-state index contributed by atoms with van der Waals surface area (Å²) in [5.74, 6) is -0.477. The minimum Gasteiger partial charge on any atom is -0.382 e. The molecule has 0 aromatic heterocycles. The third-order valence-electron chi connectivity index (χ3n) is 2.40.